The lowest BCUT2D eigenvalue weighted by molar-refractivity contribution is -0.137. The highest BCUT2D eigenvalue weighted by Gasteiger charge is 2.32. The fourth-order valence-corrected chi connectivity index (χ4v) is 3.18. The Morgan fingerprint density at radius 3 is 2.52 bits per heavy atom. The fourth-order valence-electron chi connectivity index (χ4n) is 2.89. The molecule has 5 nitrogen and oxygen atoms in total. The highest BCUT2D eigenvalue weighted by atomic mass is 35.5. The molecule has 2 N–H and O–H groups in total. The number of alkyl halides is 3. The summed E-state index contributed by atoms with van der Waals surface area (Å²) >= 11 is 5.99. The summed E-state index contributed by atoms with van der Waals surface area (Å²) < 4.78 is 38.1. The van der Waals surface area contributed by atoms with Crippen molar-refractivity contribution >= 4 is 35.7 Å². The van der Waals surface area contributed by atoms with Crippen LogP contribution in [0, 0.1) is 5.92 Å². The minimum absolute atomic E-state index is 0. The van der Waals surface area contributed by atoms with Gasteiger partial charge in [0.25, 0.3) is 0 Å². The highest BCUT2D eigenvalue weighted by Crippen LogP contribution is 2.34. The van der Waals surface area contributed by atoms with E-state index in [1.807, 2.05) is 4.90 Å². The van der Waals surface area contributed by atoms with E-state index in [1.165, 1.54) is 0 Å². The van der Waals surface area contributed by atoms with Gasteiger partial charge in [-0.3, -0.25) is 4.79 Å². The maximum atomic E-state index is 12.7. The molecule has 0 aliphatic carbocycles. The van der Waals surface area contributed by atoms with Crippen LogP contribution in [-0.2, 0) is 11.0 Å². The van der Waals surface area contributed by atoms with E-state index < -0.39 is 11.7 Å². The number of halogens is 5. The first kappa shape index (κ1) is 23.8. The van der Waals surface area contributed by atoms with Crippen molar-refractivity contribution in [2.24, 2.45) is 5.92 Å². The maximum absolute atomic E-state index is 12.7. The number of carbonyl (C=O) groups is 1. The molecule has 0 radical (unpaired) electrons. The standard InChI is InChI=1S/C17H24ClF3N4O.ClH/c1-2-5-22-6-7-23-16(26)12-3-8-25(9-4-12)15-14(18)10-13(11-24-15)17(19,20)21;/h10-12,22H,2-9H2,1H3,(H,23,26);1H. The molecule has 0 atom stereocenters. The number of piperidine rings is 1. The van der Waals surface area contributed by atoms with E-state index in [0.717, 1.165) is 31.8 Å². The Kier molecular flexibility index (Phi) is 9.62. The third kappa shape index (κ3) is 7.01. The monoisotopic (exact) mass is 428 g/mol. The minimum Gasteiger partial charge on any atom is -0.355 e. The number of nitrogens with one attached hydrogen (secondary N) is 2. The van der Waals surface area contributed by atoms with E-state index in [4.69, 9.17) is 11.6 Å². The second-order valence-electron chi connectivity index (χ2n) is 6.33. The molecule has 2 rings (SSSR count). The van der Waals surface area contributed by atoms with Crippen LogP contribution in [0.15, 0.2) is 12.3 Å². The van der Waals surface area contributed by atoms with Crippen molar-refractivity contribution in [2.45, 2.75) is 32.4 Å². The average molecular weight is 429 g/mol. The quantitative estimate of drug-likeness (QED) is 0.652. The largest absolute Gasteiger partial charge is 0.417 e. The first-order valence-electron chi connectivity index (χ1n) is 8.79. The molecular weight excluding hydrogens is 404 g/mol. The molecule has 1 saturated heterocycles. The molecule has 1 aliphatic heterocycles. The predicted molar refractivity (Wildman–Crippen MR) is 103 cm³/mol. The van der Waals surface area contributed by atoms with Crippen molar-refractivity contribution in [1.82, 2.24) is 15.6 Å². The smallest absolute Gasteiger partial charge is 0.355 e. The first-order chi connectivity index (χ1) is 12.3. The number of nitrogens with zero attached hydrogens (tertiary/aromatic N) is 2. The average Bonchev–Trinajstić information content (AvgIpc) is 2.60. The Hall–Kier alpha value is -1.25. The summed E-state index contributed by atoms with van der Waals surface area (Å²) in [7, 11) is 0. The second-order valence-corrected chi connectivity index (χ2v) is 6.74. The molecule has 2 heterocycles. The third-order valence-corrected chi connectivity index (χ3v) is 4.62. The molecule has 154 valence electrons. The van der Waals surface area contributed by atoms with Crippen LogP contribution in [0.25, 0.3) is 0 Å². The summed E-state index contributed by atoms with van der Waals surface area (Å²) in [5.41, 5.74) is -0.864. The first-order valence-corrected chi connectivity index (χ1v) is 9.16. The SMILES string of the molecule is CCCNCCNC(=O)C1CCN(c2ncc(C(F)(F)F)cc2Cl)CC1.Cl. The molecule has 0 bridgehead atoms. The molecule has 1 fully saturated rings. The number of hydrogen-bond donors (Lipinski definition) is 2. The number of pyridine rings is 1. The Morgan fingerprint density at radius 2 is 1.96 bits per heavy atom. The van der Waals surface area contributed by atoms with E-state index in [0.29, 0.717) is 38.3 Å². The van der Waals surface area contributed by atoms with Crippen LogP contribution < -0.4 is 15.5 Å². The molecule has 27 heavy (non-hydrogen) atoms. The molecule has 0 saturated carbocycles. The van der Waals surface area contributed by atoms with Crippen LogP contribution >= 0.6 is 24.0 Å². The Balaban J connectivity index is 0.00000364. The van der Waals surface area contributed by atoms with Gasteiger partial charge in [-0.05, 0) is 31.9 Å². The molecule has 1 aliphatic rings. The van der Waals surface area contributed by atoms with Crippen LogP contribution in [0.1, 0.15) is 31.7 Å². The van der Waals surface area contributed by atoms with Gasteiger partial charge in [0.1, 0.15) is 5.82 Å². The zero-order chi connectivity index (χ0) is 19.2. The van der Waals surface area contributed by atoms with Gasteiger partial charge < -0.3 is 15.5 Å². The molecule has 1 aromatic heterocycles. The summed E-state index contributed by atoms with van der Waals surface area (Å²) in [6.07, 6.45) is -1.39. The maximum Gasteiger partial charge on any atom is 0.417 e. The van der Waals surface area contributed by atoms with Crippen molar-refractivity contribution in [3.05, 3.63) is 22.8 Å². The molecule has 1 amide bonds. The lowest BCUT2D eigenvalue weighted by Crippen LogP contribution is -2.42. The van der Waals surface area contributed by atoms with Crippen molar-refractivity contribution in [2.75, 3.05) is 37.6 Å². The number of anilines is 1. The molecule has 1 aromatic rings. The van der Waals surface area contributed by atoms with Gasteiger partial charge in [-0.2, -0.15) is 13.2 Å². The van der Waals surface area contributed by atoms with Crippen LogP contribution in [0.5, 0.6) is 0 Å². The predicted octanol–water partition coefficient (Wildman–Crippen LogP) is 3.51. The molecule has 0 unspecified atom stereocenters. The van der Waals surface area contributed by atoms with Gasteiger partial charge in [0, 0.05) is 38.3 Å². The van der Waals surface area contributed by atoms with Gasteiger partial charge in [0.05, 0.1) is 10.6 Å². The van der Waals surface area contributed by atoms with Gasteiger partial charge in [0.2, 0.25) is 5.91 Å². The van der Waals surface area contributed by atoms with Crippen molar-refractivity contribution in [1.29, 1.82) is 0 Å². The highest BCUT2D eigenvalue weighted by molar-refractivity contribution is 6.33. The number of rotatable bonds is 7. The molecule has 0 aromatic carbocycles. The number of carbonyl (C=O) groups excluding carboxylic acids is 1. The summed E-state index contributed by atoms with van der Waals surface area (Å²) in [6.45, 7) is 5.40. The number of hydrogen-bond acceptors (Lipinski definition) is 4. The van der Waals surface area contributed by atoms with Crippen molar-refractivity contribution in [3.8, 4) is 0 Å². The summed E-state index contributed by atoms with van der Waals surface area (Å²) in [5.74, 6) is 0.266. The summed E-state index contributed by atoms with van der Waals surface area (Å²) in [6, 6.07) is 0.895. The van der Waals surface area contributed by atoms with E-state index in [1.54, 1.807) is 0 Å². The molecular formula is C17H25Cl2F3N4O. The van der Waals surface area contributed by atoms with Gasteiger partial charge >= 0.3 is 6.18 Å². The zero-order valence-corrected chi connectivity index (χ0v) is 16.7. The van der Waals surface area contributed by atoms with E-state index >= 15 is 0 Å². The third-order valence-electron chi connectivity index (χ3n) is 4.34. The summed E-state index contributed by atoms with van der Waals surface area (Å²) in [5, 5.41) is 6.11. The lowest BCUT2D eigenvalue weighted by atomic mass is 9.96. The van der Waals surface area contributed by atoms with Crippen LogP contribution in [0.3, 0.4) is 0 Å². The van der Waals surface area contributed by atoms with E-state index in [2.05, 4.69) is 22.5 Å². The van der Waals surface area contributed by atoms with Gasteiger partial charge in [-0.25, -0.2) is 4.98 Å². The minimum atomic E-state index is -4.47. The Bertz CT molecular complexity index is 608. The number of aromatic nitrogens is 1. The van der Waals surface area contributed by atoms with Crippen molar-refractivity contribution < 1.29 is 18.0 Å². The van der Waals surface area contributed by atoms with Gasteiger partial charge in [0.15, 0.2) is 0 Å². The second kappa shape index (κ2) is 10.9. The Labute approximate surface area is 168 Å². The van der Waals surface area contributed by atoms with Crippen LogP contribution in [0.4, 0.5) is 19.0 Å². The lowest BCUT2D eigenvalue weighted by Gasteiger charge is -2.32. The van der Waals surface area contributed by atoms with Gasteiger partial charge in [-0.1, -0.05) is 18.5 Å². The number of amides is 1. The molecule has 10 heteroatoms. The van der Waals surface area contributed by atoms with Gasteiger partial charge in [-0.15, -0.1) is 12.4 Å². The van der Waals surface area contributed by atoms with Crippen molar-refractivity contribution in [3.63, 3.8) is 0 Å². The fraction of sp³-hybridized carbons (Fsp3) is 0.647. The van der Waals surface area contributed by atoms with E-state index in [9.17, 15) is 18.0 Å². The van der Waals surface area contributed by atoms with E-state index in [-0.39, 0.29) is 29.3 Å². The zero-order valence-electron chi connectivity index (χ0n) is 15.1. The molecule has 0 spiro atoms. The topological polar surface area (TPSA) is 57.3 Å². The van der Waals surface area contributed by atoms with Crippen LogP contribution in [-0.4, -0.2) is 43.6 Å². The Morgan fingerprint density at radius 1 is 1.30 bits per heavy atom. The summed E-state index contributed by atoms with van der Waals surface area (Å²) in [4.78, 5) is 17.9. The normalized spacial score (nSPS) is 15.4. The van der Waals surface area contributed by atoms with Crippen LogP contribution in [0.2, 0.25) is 5.02 Å².